The van der Waals surface area contributed by atoms with Gasteiger partial charge in [-0.2, -0.15) is 5.10 Å². The summed E-state index contributed by atoms with van der Waals surface area (Å²) in [4.78, 5) is 26.1. The summed E-state index contributed by atoms with van der Waals surface area (Å²) in [5.74, 6) is 0.244. The molecular formula is C13H17N3O3. The fourth-order valence-corrected chi connectivity index (χ4v) is 3.47. The molecule has 6 nitrogen and oxygen atoms in total. The summed E-state index contributed by atoms with van der Waals surface area (Å²) in [6.07, 6.45) is 6.28. The van der Waals surface area contributed by atoms with Crippen LogP contribution in [-0.4, -0.2) is 46.7 Å². The Balaban J connectivity index is 1.87. The van der Waals surface area contributed by atoms with E-state index in [4.69, 9.17) is 4.74 Å². The second-order valence-electron chi connectivity index (χ2n) is 5.27. The molecule has 6 heteroatoms. The molecule has 2 heterocycles. The summed E-state index contributed by atoms with van der Waals surface area (Å²) in [7, 11) is 1.38. The number of nitrogens with one attached hydrogen (secondary N) is 1. The number of carbonyl (C=O) groups is 2. The molecule has 3 unspecified atom stereocenters. The van der Waals surface area contributed by atoms with Gasteiger partial charge in [0.15, 0.2) is 0 Å². The van der Waals surface area contributed by atoms with E-state index in [9.17, 15) is 9.59 Å². The van der Waals surface area contributed by atoms with Crippen LogP contribution in [0.25, 0.3) is 0 Å². The van der Waals surface area contributed by atoms with Crippen LogP contribution in [-0.2, 0) is 9.53 Å². The molecule has 1 aromatic heterocycles. The van der Waals surface area contributed by atoms with E-state index in [1.165, 1.54) is 13.3 Å². The van der Waals surface area contributed by atoms with Gasteiger partial charge < -0.3 is 9.64 Å². The molecule has 2 aliphatic rings. The highest BCUT2D eigenvalue weighted by atomic mass is 16.5. The molecule has 0 radical (unpaired) electrons. The van der Waals surface area contributed by atoms with E-state index in [1.54, 1.807) is 11.1 Å². The zero-order valence-corrected chi connectivity index (χ0v) is 10.8. The summed E-state index contributed by atoms with van der Waals surface area (Å²) in [5.41, 5.74) is 0.494. The van der Waals surface area contributed by atoms with Crippen molar-refractivity contribution in [3.63, 3.8) is 0 Å². The summed E-state index contributed by atoms with van der Waals surface area (Å²) in [6.45, 7) is 0.647. The van der Waals surface area contributed by atoms with E-state index >= 15 is 0 Å². The molecule has 1 aromatic rings. The van der Waals surface area contributed by atoms with Gasteiger partial charge in [0.2, 0.25) is 0 Å². The summed E-state index contributed by atoms with van der Waals surface area (Å²) in [5, 5.41) is 6.42. The maximum Gasteiger partial charge on any atom is 0.328 e. The molecule has 1 aliphatic heterocycles. The van der Waals surface area contributed by atoms with Crippen LogP contribution < -0.4 is 0 Å². The zero-order valence-electron chi connectivity index (χ0n) is 10.8. The first-order valence-corrected chi connectivity index (χ1v) is 6.60. The number of hydrogen-bond donors (Lipinski definition) is 1. The maximum atomic E-state index is 12.4. The molecule has 2 fully saturated rings. The van der Waals surface area contributed by atoms with E-state index in [0.29, 0.717) is 18.0 Å². The molecule has 1 saturated heterocycles. The van der Waals surface area contributed by atoms with Crippen molar-refractivity contribution in [2.45, 2.75) is 25.3 Å². The molecular weight excluding hydrogens is 246 g/mol. The molecule has 102 valence electrons. The number of aromatic nitrogens is 2. The topological polar surface area (TPSA) is 75.3 Å². The van der Waals surface area contributed by atoms with Crippen LogP contribution in [0, 0.1) is 11.8 Å². The lowest BCUT2D eigenvalue weighted by Gasteiger charge is -2.25. The highest BCUT2D eigenvalue weighted by Crippen LogP contribution is 2.42. The highest BCUT2D eigenvalue weighted by molar-refractivity contribution is 5.97. The van der Waals surface area contributed by atoms with Gasteiger partial charge in [-0.3, -0.25) is 9.89 Å². The molecule has 0 bridgehead atoms. The third-order valence-corrected chi connectivity index (χ3v) is 4.34. The predicted molar refractivity (Wildman–Crippen MR) is 66.3 cm³/mol. The minimum Gasteiger partial charge on any atom is -0.467 e. The molecule has 1 N–H and O–H groups in total. The molecule has 1 amide bonds. The Labute approximate surface area is 111 Å². The zero-order chi connectivity index (χ0) is 13.4. The first-order chi connectivity index (χ1) is 9.22. The molecule has 1 aliphatic carbocycles. The van der Waals surface area contributed by atoms with Crippen molar-refractivity contribution in [2.75, 3.05) is 13.7 Å². The van der Waals surface area contributed by atoms with E-state index in [1.807, 2.05) is 0 Å². The van der Waals surface area contributed by atoms with Gasteiger partial charge in [-0.15, -0.1) is 0 Å². The lowest BCUT2D eigenvalue weighted by molar-refractivity contribution is -0.146. The van der Waals surface area contributed by atoms with E-state index < -0.39 is 6.04 Å². The van der Waals surface area contributed by atoms with Crippen LogP contribution in [0.3, 0.4) is 0 Å². The quantitative estimate of drug-likeness (QED) is 0.802. The number of carbonyl (C=O) groups excluding carboxylic acids is 2. The highest BCUT2D eigenvalue weighted by Gasteiger charge is 2.50. The van der Waals surface area contributed by atoms with Crippen LogP contribution in [0.2, 0.25) is 0 Å². The third-order valence-electron chi connectivity index (χ3n) is 4.34. The third kappa shape index (κ3) is 1.91. The van der Waals surface area contributed by atoms with Gasteiger partial charge in [-0.25, -0.2) is 4.79 Å². The van der Waals surface area contributed by atoms with Crippen molar-refractivity contribution < 1.29 is 14.3 Å². The van der Waals surface area contributed by atoms with Gasteiger partial charge in [-0.05, 0) is 24.7 Å². The summed E-state index contributed by atoms with van der Waals surface area (Å²) in [6, 6.07) is -0.431. The minimum absolute atomic E-state index is 0.140. The summed E-state index contributed by atoms with van der Waals surface area (Å²) >= 11 is 0. The number of nitrogens with zero attached hydrogens (tertiary/aromatic N) is 2. The van der Waals surface area contributed by atoms with Crippen LogP contribution in [0.1, 0.15) is 29.6 Å². The fraction of sp³-hybridized carbons (Fsp3) is 0.615. The predicted octanol–water partition coefficient (Wildman–Crippen LogP) is 0.823. The van der Waals surface area contributed by atoms with E-state index in [2.05, 4.69) is 10.2 Å². The Morgan fingerprint density at radius 2 is 2.32 bits per heavy atom. The Morgan fingerprint density at radius 3 is 3.00 bits per heavy atom. The van der Waals surface area contributed by atoms with Gasteiger partial charge in [0.05, 0.1) is 18.9 Å². The van der Waals surface area contributed by atoms with Gasteiger partial charge in [-0.1, -0.05) is 6.42 Å². The van der Waals surface area contributed by atoms with Crippen LogP contribution in [0.5, 0.6) is 0 Å². The SMILES string of the molecule is COC(=O)C1C2CCCC2CN1C(=O)c1cn[nH]c1. The maximum absolute atomic E-state index is 12.4. The van der Waals surface area contributed by atoms with Crippen molar-refractivity contribution in [1.29, 1.82) is 0 Å². The number of rotatable bonds is 2. The fourth-order valence-electron chi connectivity index (χ4n) is 3.47. The number of amides is 1. The van der Waals surface area contributed by atoms with Crippen molar-refractivity contribution in [3.8, 4) is 0 Å². The molecule has 3 rings (SSSR count). The average molecular weight is 263 g/mol. The van der Waals surface area contributed by atoms with E-state index in [0.717, 1.165) is 19.3 Å². The van der Waals surface area contributed by atoms with Gasteiger partial charge in [0.25, 0.3) is 5.91 Å². The van der Waals surface area contributed by atoms with Gasteiger partial charge in [0, 0.05) is 12.7 Å². The largest absolute Gasteiger partial charge is 0.467 e. The lowest BCUT2D eigenvalue weighted by Crippen LogP contribution is -2.43. The smallest absolute Gasteiger partial charge is 0.328 e. The lowest BCUT2D eigenvalue weighted by atomic mass is 9.94. The Hall–Kier alpha value is -1.85. The number of fused-ring (bicyclic) bond motifs is 1. The van der Waals surface area contributed by atoms with Crippen molar-refractivity contribution in [1.82, 2.24) is 15.1 Å². The normalized spacial score (nSPS) is 29.3. The summed E-state index contributed by atoms with van der Waals surface area (Å²) < 4.78 is 4.88. The monoisotopic (exact) mass is 263 g/mol. The molecule has 3 atom stereocenters. The number of likely N-dealkylation sites (tertiary alicyclic amines) is 1. The Bertz CT molecular complexity index is 485. The molecule has 0 aromatic carbocycles. The number of ether oxygens (including phenoxy) is 1. The van der Waals surface area contributed by atoms with Crippen LogP contribution >= 0.6 is 0 Å². The van der Waals surface area contributed by atoms with Crippen molar-refractivity contribution >= 4 is 11.9 Å². The minimum atomic E-state index is -0.431. The number of hydrogen-bond acceptors (Lipinski definition) is 4. The first-order valence-electron chi connectivity index (χ1n) is 6.60. The second-order valence-corrected chi connectivity index (χ2v) is 5.27. The standard InChI is InChI=1S/C13H17N3O3/c1-19-13(18)11-10-4-2-3-8(10)7-16(11)12(17)9-5-14-15-6-9/h5-6,8,10-11H,2-4,7H2,1H3,(H,14,15). The Kier molecular flexibility index (Phi) is 3.00. The Morgan fingerprint density at radius 1 is 1.47 bits per heavy atom. The molecule has 1 saturated carbocycles. The van der Waals surface area contributed by atoms with Crippen LogP contribution in [0.15, 0.2) is 12.4 Å². The van der Waals surface area contributed by atoms with Crippen molar-refractivity contribution in [2.24, 2.45) is 11.8 Å². The van der Waals surface area contributed by atoms with Crippen LogP contribution in [0.4, 0.5) is 0 Å². The number of H-pyrrole nitrogens is 1. The number of aromatic amines is 1. The molecule has 19 heavy (non-hydrogen) atoms. The number of esters is 1. The van der Waals surface area contributed by atoms with E-state index in [-0.39, 0.29) is 17.8 Å². The van der Waals surface area contributed by atoms with Crippen molar-refractivity contribution in [3.05, 3.63) is 18.0 Å². The average Bonchev–Trinajstić information content (AvgIpc) is 3.12. The first kappa shape index (κ1) is 12.2. The molecule has 0 spiro atoms. The second kappa shape index (κ2) is 4.68. The number of methoxy groups -OCH3 is 1. The van der Waals surface area contributed by atoms with Gasteiger partial charge >= 0.3 is 5.97 Å². The van der Waals surface area contributed by atoms with Gasteiger partial charge in [0.1, 0.15) is 6.04 Å².